The van der Waals surface area contributed by atoms with E-state index in [1.165, 1.54) is 23.1 Å². The molecule has 1 N–H and O–H groups in total. The molecule has 7 nitrogen and oxygen atoms in total. The van der Waals surface area contributed by atoms with Crippen molar-refractivity contribution in [1.29, 1.82) is 0 Å². The lowest BCUT2D eigenvalue weighted by Crippen LogP contribution is -2.49. The Morgan fingerprint density at radius 3 is 2.65 bits per heavy atom. The maximum atomic E-state index is 14.4. The summed E-state index contributed by atoms with van der Waals surface area (Å²) in [5.74, 6) is -3.26. The number of aromatic nitrogens is 2. The molecule has 0 fully saturated rings. The molecule has 11 heteroatoms. The first-order valence-electron chi connectivity index (χ1n) is 11.8. The number of carboxylic acids is 1. The van der Waals surface area contributed by atoms with Gasteiger partial charge in [0, 0.05) is 44.0 Å². The third kappa shape index (κ3) is 4.93. The first-order valence-corrected chi connectivity index (χ1v) is 15.9. The molecule has 0 radical (unpaired) electrons. The predicted molar refractivity (Wildman–Crippen MR) is 139 cm³/mol. The Labute approximate surface area is 219 Å². The molecule has 0 aliphatic carbocycles. The number of hydrogen-bond donors (Lipinski definition) is 1. The Hall–Kier alpha value is -3.08. The van der Waals surface area contributed by atoms with Crippen LogP contribution in [0.25, 0.3) is 11.0 Å². The summed E-state index contributed by atoms with van der Waals surface area (Å²) < 4.78 is 36.0. The average molecular weight is 548 g/mol. The number of aliphatic carboxylic acids is 1. The third-order valence-corrected chi connectivity index (χ3v) is 8.55. The number of carbonyl (C=O) groups excluding carboxylic acids is 1. The standard InChI is InChI=1S/C26H28ClF2N3O4Si/c1-5-8-26(25(34)35)19-7-6-16(28)11-18(19)24(33)32(26)14-17-12-21-22(13-20(29)23(27)30-21)31(17)15-36-9-10-37(2,3)4/h5-7,11-13H,1,8-10,14-15H2,2-4H3,(H,34,35)/t26-/m0/s1. The van der Waals surface area contributed by atoms with Crippen LogP contribution in [0.4, 0.5) is 8.78 Å². The summed E-state index contributed by atoms with van der Waals surface area (Å²) in [4.78, 5) is 31.5. The second-order valence-corrected chi connectivity index (χ2v) is 16.3. The highest BCUT2D eigenvalue weighted by Crippen LogP contribution is 2.44. The van der Waals surface area contributed by atoms with Crippen molar-refractivity contribution in [3.63, 3.8) is 0 Å². The normalized spacial score (nSPS) is 17.5. The number of rotatable bonds is 10. The van der Waals surface area contributed by atoms with Crippen molar-refractivity contribution in [3.8, 4) is 0 Å². The number of pyridine rings is 1. The molecule has 3 heterocycles. The van der Waals surface area contributed by atoms with Gasteiger partial charge in [0.15, 0.2) is 16.5 Å². The summed E-state index contributed by atoms with van der Waals surface area (Å²) in [6, 6.07) is 7.28. The zero-order valence-corrected chi connectivity index (χ0v) is 22.6. The van der Waals surface area contributed by atoms with Crippen LogP contribution < -0.4 is 0 Å². The molecule has 1 aliphatic heterocycles. The molecule has 0 saturated heterocycles. The summed E-state index contributed by atoms with van der Waals surface area (Å²) in [6.45, 7) is 10.7. The monoisotopic (exact) mass is 547 g/mol. The maximum Gasteiger partial charge on any atom is 0.334 e. The van der Waals surface area contributed by atoms with Gasteiger partial charge in [-0.1, -0.05) is 43.4 Å². The number of ether oxygens (including phenoxy) is 1. The molecule has 2 aromatic heterocycles. The number of fused-ring (bicyclic) bond motifs is 2. The van der Waals surface area contributed by atoms with Gasteiger partial charge in [-0.05, 0) is 24.2 Å². The van der Waals surface area contributed by atoms with Gasteiger partial charge in [0.05, 0.1) is 17.6 Å². The van der Waals surface area contributed by atoms with Gasteiger partial charge >= 0.3 is 5.97 Å². The van der Waals surface area contributed by atoms with Gasteiger partial charge in [-0.3, -0.25) is 4.79 Å². The molecule has 0 unspecified atom stereocenters. The summed E-state index contributed by atoms with van der Waals surface area (Å²) in [5, 5.41) is 10.1. The quantitative estimate of drug-likeness (QED) is 0.150. The minimum absolute atomic E-state index is 0.0227. The molecule has 0 spiro atoms. The van der Waals surface area contributed by atoms with E-state index in [2.05, 4.69) is 31.2 Å². The largest absolute Gasteiger partial charge is 0.479 e. The number of halogens is 3. The summed E-state index contributed by atoms with van der Waals surface area (Å²) in [7, 11) is -1.37. The van der Waals surface area contributed by atoms with Crippen LogP contribution in [0, 0.1) is 11.6 Å². The maximum absolute atomic E-state index is 14.4. The zero-order valence-electron chi connectivity index (χ0n) is 20.9. The molecule has 0 bridgehead atoms. The predicted octanol–water partition coefficient (Wildman–Crippen LogP) is 5.79. The Balaban J connectivity index is 1.80. The molecular weight excluding hydrogens is 520 g/mol. The van der Waals surface area contributed by atoms with Crippen molar-refractivity contribution in [3.05, 3.63) is 76.6 Å². The van der Waals surface area contributed by atoms with Crippen molar-refractivity contribution >= 4 is 42.6 Å². The zero-order chi connectivity index (χ0) is 27.1. The lowest BCUT2D eigenvalue weighted by molar-refractivity contribution is -0.150. The molecule has 37 heavy (non-hydrogen) atoms. The minimum atomic E-state index is -1.79. The van der Waals surface area contributed by atoms with Crippen molar-refractivity contribution in [2.75, 3.05) is 6.61 Å². The van der Waals surface area contributed by atoms with Gasteiger partial charge in [0.2, 0.25) is 0 Å². The molecule has 1 atom stereocenters. The first kappa shape index (κ1) is 27.0. The van der Waals surface area contributed by atoms with E-state index in [1.54, 1.807) is 10.6 Å². The Morgan fingerprint density at radius 2 is 2.00 bits per heavy atom. The molecule has 1 amide bonds. The van der Waals surface area contributed by atoms with Crippen molar-refractivity contribution in [1.82, 2.24) is 14.5 Å². The number of hydrogen-bond acceptors (Lipinski definition) is 4. The van der Waals surface area contributed by atoms with E-state index in [1.807, 2.05) is 0 Å². The van der Waals surface area contributed by atoms with E-state index in [4.69, 9.17) is 16.3 Å². The highest BCUT2D eigenvalue weighted by Gasteiger charge is 2.54. The molecular formula is C26H28ClF2N3O4Si. The Morgan fingerprint density at radius 1 is 1.27 bits per heavy atom. The molecule has 3 aromatic rings. The van der Waals surface area contributed by atoms with Gasteiger partial charge in [0.25, 0.3) is 5.91 Å². The van der Waals surface area contributed by atoms with Crippen LogP contribution in [0.15, 0.2) is 43.0 Å². The van der Waals surface area contributed by atoms with Gasteiger partial charge in [-0.25, -0.2) is 18.6 Å². The molecule has 1 aromatic carbocycles. The summed E-state index contributed by atoms with van der Waals surface area (Å²) in [6.07, 6.45) is 1.32. The Kier molecular flexibility index (Phi) is 7.29. The summed E-state index contributed by atoms with van der Waals surface area (Å²) in [5.41, 5.74) is -0.399. The molecule has 0 saturated carbocycles. The van der Waals surface area contributed by atoms with Crippen LogP contribution >= 0.6 is 11.6 Å². The topological polar surface area (TPSA) is 84.7 Å². The van der Waals surface area contributed by atoms with E-state index in [-0.39, 0.29) is 36.0 Å². The third-order valence-electron chi connectivity index (χ3n) is 6.58. The van der Waals surface area contributed by atoms with Crippen LogP contribution in [0.3, 0.4) is 0 Å². The van der Waals surface area contributed by atoms with Gasteiger partial charge in [-0.2, -0.15) is 0 Å². The minimum Gasteiger partial charge on any atom is -0.479 e. The van der Waals surface area contributed by atoms with E-state index in [0.717, 1.165) is 18.2 Å². The van der Waals surface area contributed by atoms with Gasteiger partial charge < -0.3 is 19.3 Å². The van der Waals surface area contributed by atoms with E-state index in [9.17, 15) is 23.5 Å². The van der Waals surface area contributed by atoms with Gasteiger partial charge in [0.1, 0.15) is 12.5 Å². The number of carboxylic acid groups (broad SMARTS) is 1. The fourth-order valence-corrected chi connectivity index (χ4v) is 5.54. The van der Waals surface area contributed by atoms with Crippen molar-refractivity contribution in [2.45, 2.75) is 50.9 Å². The van der Waals surface area contributed by atoms with E-state index >= 15 is 0 Å². The lowest BCUT2D eigenvalue weighted by atomic mass is 9.86. The fraction of sp³-hybridized carbons (Fsp3) is 0.346. The summed E-state index contributed by atoms with van der Waals surface area (Å²) >= 11 is 5.91. The van der Waals surface area contributed by atoms with Crippen LogP contribution in [0.1, 0.15) is 28.0 Å². The highest BCUT2D eigenvalue weighted by atomic mass is 35.5. The van der Waals surface area contributed by atoms with E-state index < -0.39 is 37.1 Å². The Bertz CT molecular complexity index is 1400. The van der Waals surface area contributed by atoms with Crippen LogP contribution in [-0.2, 0) is 28.3 Å². The number of nitrogens with zero attached hydrogens (tertiary/aromatic N) is 3. The van der Waals surface area contributed by atoms with Crippen LogP contribution in [0.2, 0.25) is 30.8 Å². The smallest absolute Gasteiger partial charge is 0.334 e. The number of carbonyl (C=O) groups is 2. The number of amides is 1. The average Bonchev–Trinajstić information content (AvgIpc) is 3.24. The van der Waals surface area contributed by atoms with E-state index in [0.29, 0.717) is 23.3 Å². The van der Waals surface area contributed by atoms with Gasteiger partial charge in [-0.15, -0.1) is 6.58 Å². The van der Waals surface area contributed by atoms with Crippen LogP contribution in [-0.4, -0.2) is 46.1 Å². The SMILES string of the molecule is C=CC[C@@]1(C(=O)O)c2ccc(F)cc2C(=O)N1Cc1cc2nc(Cl)c(F)cc2n1COCC[Si](C)(C)C. The fourth-order valence-electron chi connectivity index (χ4n) is 4.63. The molecule has 4 rings (SSSR count). The second kappa shape index (κ2) is 10.00. The van der Waals surface area contributed by atoms with Crippen molar-refractivity contribution in [2.24, 2.45) is 0 Å². The highest BCUT2D eigenvalue weighted by molar-refractivity contribution is 6.76. The molecule has 196 valence electrons. The number of benzene rings is 1. The molecule has 1 aliphatic rings. The second-order valence-electron chi connectivity index (χ2n) is 10.3. The van der Waals surface area contributed by atoms with Crippen molar-refractivity contribution < 1.29 is 28.2 Å². The lowest BCUT2D eigenvalue weighted by Gasteiger charge is -2.35. The first-order chi connectivity index (χ1) is 17.4. The van der Waals surface area contributed by atoms with Crippen LogP contribution in [0.5, 0.6) is 0 Å².